The highest BCUT2D eigenvalue weighted by molar-refractivity contribution is 5.89. The van der Waals surface area contributed by atoms with Crippen LogP contribution in [0.25, 0.3) is 0 Å². The van der Waals surface area contributed by atoms with Crippen LogP contribution in [0.2, 0.25) is 0 Å². The van der Waals surface area contributed by atoms with E-state index in [0.29, 0.717) is 12.2 Å². The average Bonchev–Trinajstić information content (AvgIpc) is 2.30. The van der Waals surface area contributed by atoms with E-state index in [4.69, 9.17) is 4.74 Å². The van der Waals surface area contributed by atoms with Gasteiger partial charge in [-0.1, -0.05) is 31.2 Å². The third-order valence-electron chi connectivity index (χ3n) is 2.51. The first kappa shape index (κ1) is 13.4. The van der Waals surface area contributed by atoms with Crippen molar-refractivity contribution < 1.29 is 9.53 Å². The fourth-order valence-corrected chi connectivity index (χ4v) is 1.60. The number of esters is 1. The summed E-state index contributed by atoms with van der Waals surface area (Å²) in [7, 11) is 0. The molecule has 1 atom stereocenters. The molecule has 0 N–H and O–H groups in total. The molecule has 0 bridgehead atoms. The zero-order chi connectivity index (χ0) is 12.8. The summed E-state index contributed by atoms with van der Waals surface area (Å²) >= 11 is 0. The van der Waals surface area contributed by atoms with E-state index in [1.165, 1.54) is 0 Å². The molecule has 92 valence electrons. The molecule has 1 unspecified atom stereocenters. The Kier molecular flexibility index (Phi) is 4.82. The molecule has 1 aromatic rings. The monoisotopic (exact) mass is 235 g/mol. The minimum Gasteiger partial charge on any atom is -0.462 e. The number of nitrogens with zero attached hydrogens (tertiary/aromatic N) is 1. The SMILES string of the molecule is CCOC(=O)c1ccc(C(N=O)C(C)C)cc1. The van der Waals surface area contributed by atoms with Crippen molar-refractivity contribution >= 4 is 5.97 Å². The van der Waals surface area contributed by atoms with Gasteiger partial charge in [0.2, 0.25) is 0 Å². The fraction of sp³-hybridized carbons (Fsp3) is 0.462. The number of carbonyl (C=O) groups is 1. The molecule has 0 aromatic heterocycles. The molecule has 0 aliphatic rings. The predicted molar refractivity (Wildman–Crippen MR) is 65.8 cm³/mol. The molecule has 0 aliphatic heterocycles. The van der Waals surface area contributed by atoms with Gasteiger partial charge in [-0.3, -0.25) is 0 Å². The van der Waals surface area contributed by atoms with E-state index in [1.54, 1.807) is 31.2 Å². The number of benzene rings is 1. The number of hydrogen-bond acceptors (Lipinski definition) is 4. The molecule has 0 radical (unpaired) electrons. The van der Waals surface area contributed by atoms with Gasteiger partial charge in [0.15, 0.2) is 0 Å². The van der Waals surface area contributed by atoms with Crippen molar-refractivity contribution in [3.63, 3.8) is 0 Å². The van der Waals surface area contributed by atoms with Crippen LogP contribution in [0.15, 0.2) is 29.4 Å². The molecule has 1 aromatic carbocycles. The summed E-state index contributed by atoms with van der Waals surface area (Å²) in [5, 5.41) is 3.10. The van der Waals surface area contributed by atoms with Gasteiger partial charge in [0, 0.05) is 0 Å². The van der Waals surface area contributed by atoms with Crippen molar-refractivity contribution in [3.05, 3.63) is 40.3 Å². The lowest BCUT2D eigenvalue weighted by atomic mass is 9.96. The summed E-state index contributed by atoms with van der Waals surface area (Å²) < 4.78 is 4.88. The summed E-state index contributed by atoms with van der Waals surface area (Å²) in [5.74, 6) is -0.208. The van der Waals surface area contributed by atoms with Crippen molar-refractivity contribution in [1.82, 2.24) is 0 Å². The molecular formula is C13H17NO3. The van der Waals surface area contributed by atoms with Gasteiger partial charge in [-0.2, -0.15) is 4.91 Å². The fourth-order valence-electron chi connectivity index (χ4n) is 1.60. The Morgan fingerprint density at radius 1 is 1.29 bits per heavy atom. The third kappa shape index (κ3) is 3.37. The summed E-state index contributed by atoms with van der Waals surface area (Å²) in [4.78, 5) is 22.1. The van der Waals surface area contributed by atoms with Crippen LogP contribution in [0.4, 0.5) is 0 Å². The van der Waals surface area contributed by atoms with Gasteiger partial charge < -0.3 is 4.74 Å². The van der Waals surface area contributed by atoms with Crippen LogP contribution in [0.3, 0.4) is 0 Å². The van der Waals surface area contributed by atoms with E-state index < -0.39 is 0 Å². The summed E-state index contributed by atoms with van der Waals surface area (Å²) in [6, 6.07) is 6.45. The molecule has 4 heteroatoms. The van der Waals surface area contributed by atoms with Gasteiger partial charge in [0.1, 0.15) is 6.04 Å². The predicted octanol–water partition coefficient (Wildman–Crippen LogP) is 3.33. The highest BCUT2D eigenvalue weighted by Gasteiger charge is 2.16. The normalized spacial score (nSPS) is 12.2. The average molecular weight is 235 g/mol. The van der Waals surface area contributed by atoms with Gasteiger partial charge >= 0.3 is 5.97 Å². The summed E-state index contributed by atoms with van der Waals surface area (Å²) in [5.41, 5.74) is 1.31. The van der Waals surface area contributed by atoms with Crippen molar-refractivity contribution in [1.29, 1.82) is 0 Å². The standard InChI is InChI=1S/C13H17NO3/c1-4-17-13(15)11-7-5-10(6-8-11)12(14-16)9(2)3/h5-9,12H,4H2,1-3H3. The van der Waals surface area contributed by atoms with Crippen LogP contribution in [-0.4, -0.2) is 12.6 Å². The van der Waals surface area contributed by atoms with Gasteiger partial charge in [0.25, 0.3) is 0 Å². The van der Waals surface area contributed by atoms with Crippen molar-refractivity contribution in [2.24, 2.45) is 11.1 Å². The van der Waals surface area contributed by atoms with Crippen molar-refractivity contribution in [2.45, 2.75) is 26.8 Å². The smallest absolute Gasteiger partial charge is 0.338 e. The summed E-state index contributed by atoms with van der Waals surface area (Å²) in [6.45, 7) is 5.99. The highest BCUT2D eigenvalue weighted by atomic mass is 16.5. The van der Waals surface area contributed by atoms with Crippen LogP contribution in [0.5, 0.6) is 0 Å². The maximum absolute atomic E-state index is 11.4. The minimum atomic E-state index is -0.369. The molecule has 0 spiro atoms. The first-order chi connectivity index (χ1) is 8.10. The number of ether oxygens (including phenoxy) is 1. The largest absolute Gasteiger partial charge is 0.462 e. The quantitative estimate of drug-likeness (QED) is 0.581. The molecule has 0 aliphatic carbocycles. The van der Waals surface area contributed by atoms with E-state index >= 15 is 0 Å². The van der Waals surface area contributed by atoms with Gasteiger partial charge in [-0.05, 0) is 30.5 Å². The lowest BCUT2D eigenvalue weighted by Crippen LogP contribution is -2.06. The Morgan fingerprint density at radius 3 is 2.29 bits per heavy atom. The lowest BCUT2D eigenvalue weighted by molar-refractivity contribution is 0.0526. The van der Waals surface area contributed by atoms with E-state index in [9.17, 15) is 9.70 Å². The molecule has 17 heavy (non-hydrogen) atoms. The molecule has 0 amide bonds. The highest BCUT2D eigenvalue weighted by Crippen LogP contribution is 2.25. The Bertz CT molecular complexity index is 384. The first-order valence-corrected chi connectivity index (χ1v) is 5.69. The number of rotatable bonds is 5. The second-order valence-corrected chi connectivity index (χ2v) is 4.14. The minimum absolute atomic E-state index is 0.140. The number of nitroso groups, excluding NO2 is 1. The van der Waals surface area contributed by atoms with E-state index in [1.807, 2.05) is 13.8 Å². The van der Waals surface area contributed by atoms with Crippen LogP contribution in [0.1, 0.15) is 42.7 Å². The van der Waals surface area contributed by atoms with E-state index in [-0.39, 0.29) is 17.9 Å². The summed E-state index contributed by atoms with van der Waals surface area (Å²) in [6.07, 6.45) is 0. The molecule has 0 saturated carbocycles. The lowest BCUT2D eigenvalue weighted by Gasteiger charge is -2.13. The first-order valence-electron chi connectivity index (χ1n) is 5.69. The van der Waals surface area contributed by atoms with Crippen molar-refractivity contribution in [2.75, 3.05) is 6.61 Å². The van der Waals surface area contributed by atoms with Crippen LogP contribution in [0, 0.1) is 10.8 Å². The van der Waals surface area contributed by atoms with Crippen LogP contribution in [-0.2, 0) is 4.74 Å². The molecule has 4 nitrogen and oxygen atoms in total. The van der Waals surface area contributed by atoms with Gasteiger partial charge in [-0.25, -0.2) is 4.79 Å². The number of carbonyl (C=O) groups excluding carboxylic acids is 1. The van der Waals surface area contributed by atoms with Gasteiger partial charge in [-0.15, -0.1) is 0 Å². The Balaban J connectivity index is 2.87. The Morgan fingerprint density at radius 2 is 1.88 bits per heavy atom. The second-order valence-electron chi connectivity index (χ2n) is 4.14. The molecule has 1 rings (SSSR count). The zero-order valence-electron chi connectivity index (χ0n) is 10.3. The molecular weight excluding hydrogens is 218 g/mol. The van der Waals surface area contributed by atoms with Gasteiger partial charge in [0.05, 0.1) is 12.2 Å². The van der Waals surface area contributed by atoms with E-state index in [2.05, 4.69) is 5.18 Å². The Labute approximate surface area is 101 Å². The second kappa shape index (κ2) is 6.13. The van der Waals surface area contributed by atoms with Crippen molar-refractivity contribution in [3.8, 4) is 0 Å². The molecule has 0 saturated heterocycles. The maximum Gasteiger partial charge on any atom is 0.338 e. The zero-order valence-corrected chi connectivity index (χ0v) is 10.3. The molecule has 0 heterocycles. The third-order valence-corrected chi connectivity index (χ3v) is 2.51. The maximum atomic E-state index is 11.4. The molecule has 0 fully saturated rings. The topological polar surface area (TPSA) is 55.7 Å². The van der Waals surface area contributed by atoms with Crippen LogP contribution >= 0.6 is 0 Å². The Hall–Kier alpha value is -1.71. The number of hydrogen-bond donors (Lipinski definition) is 0. The van der Waals surface area contributed by atoms with Crippen LogP contribution < -0.4 is 0 Å². The van der Waals surface area contributed by atoms with E-state index in [0.717, 1.165) is 5.56 Å².